The third-order valence-electron chi connectivity index (χ3n) is 4.05. The Kier molecular flexibility index (Phi) is 5.27. The van der Waals surface area contributed by atoms with E-state index < -0.39 is 0 Å². The number of ether oxygens (including phenoxy) is 1. The van der Waals surface area contributed by atoms with Crippen molar-refractivity contribution < 1.29 is 9.53 Å². The predicted molar refractivity (Wildman–Crippen MR) is 92.0 cm³/mol. The predicted octanol–water partition coefficient (Wildman–Crippen LogP) is 2.50. The zero-order chi connectivity index (χ0) is 15.9. The van der Waals surface area contributed by atoms with Crippen LogP contribution >= 0.6 is 0 Å². The van der Waals surface area contributed by atoms with Gasteiger partial charge in [0.25, 0.3) is 5.91 Å². The van der Waals surface area contributed by atoms with Crippen LogP contribution in [0.5, 0.6) is 0 Å². The van der Waals surface area contributed by atoms with Gasteiger partial charge < -0.3 is 15.0 Å². The lowest BCUT2D eigenvalue weighted by molar-refractivity contribution is 0.0954. The lowest BCUT2D eigenvalue weighted by atomic mass is 10.1. The molecule has 1 saturated heterocycles. The smallest absolute Gasteiger partial charge is 0.251 e. The summed E-state index contributed by atoms with van der Waals surface area (Å²) in [5.41, 5.74) is 3.08. The summed E-state index contributed by atoms with van der Waals surface area (Å²) in [7, 11) is 0. The van der Waals surface area contributed by atoms with Crippen molar-refractivity contribution in [1.29, 1.82) is 0 Å². The lowest BCUT2D eigenvalue weighted by Crippen LogP contribution is -2.36. The first-order valence-electron chi connectivity index (χ1n) is 8.08. The second-order valence-corrected chi connectivity index (χ2v) is 5.64. The third-order valence-corrected chi connectivity index (χ3v) is 4.05. The summed E-state index contributed by atoms with van der Waals surface area (Å²) < 4.78 is 5.36. The average molecular weight is 310 g/mol. The molecule has 4 nitrogen and oxygen atoms in total. The summed E-state index contributed by atoms with van der Waals surface area (Å²) in [5, 5.41) is 2.97. The number of hydrogen-bond donors (Lipinski definition) is 1. The fourth-order valence-electron chi connectivity index (χ4n) is 2.71. The number of carbonyl (C=O) groups excluding carboxylic acids is 1. The lowest BCUT2D eigenvalue weighted by Gasteiger charge is -2.28. The van der Waals surface area contributed by atoms with E-state index in [2.05, 4.69) is 22.3 Å². The molecule has 0 saturated carbocycles. The molecule has 0 radical (unpaired) electrons. The number of morpholine rings is 1. The van der Waals surface area contributed by atoms with Gasteiger partial charge in [-0.05, 0) is 36.2 Å². The molecule has 2 aromatic carbocycles. The number of rotatable bonds is 5. The minimum atomic E-state index is -0.0190. The molecule has 4 heteroatoms. The molecule has 1 amide bonds. The number of nitrogens with zero attached hydrogens (tertiary/aromatic N) is 1. The van der Waals surface area contributed by atoms with Crippen molar-refractivity contribution >= 4 is 11.6 Å². The summed E-state index contributed by atoms with van der Waals surface area (Å²) in [6.07, 6.45) is 0.846. The highest BCUT2D eigenvalue weighted by molar-refractivity contribution is 5.94. The first-order chi connectivity index (χ1) is 11.3. The molecule has 0 unspecified atom stereocenters. The molecule has 1 aliphatic heterocycles. The Hall–Kier alpha value is -2.33. The van der Waals surface area contributed by atoms with Crippen LogP contribution in [-0.4, -0.2) is 38.8 Å². The minimum absolute atomic E-state index is 0.0190. The van der Waals surface area contributed by atoms with E-state index in [1.165, 1.54) is 5.56 Å². The Bertz CT molecular complexity index is 620. The Labute approximate surface area is 137 Å². The molecule has 0 bridgehead atoms. The maximum atomic E-state index is 12.2. The summed E-state index contributed by atoms with van der Waals surface area (Å²) in [6, 6.07) is 18.0. The topological polar surface area (TPSA) is 41.6 Å². The van der Waals surface area contributed by atoms with Crippen molar-refractivity contribution in [2.45, 2.75) is 6.42 Å². The SMILES string of the molecule is O=C(NCCc1ccccc1)c1ccc(N2CCOCC2)cc1. The monoisotopic (exact) mass is 310 g/mol. The minimum Gasteiger partial charge on any atom is -0.378 e. The molecule has 0 aromatic heterocycles. The van der Waals surface area contributed by atoms with Crippen LogP contribution in [-0.2, 0) is 11.2 Å². The van der Waals surface area contributed by atoms with Gasteiger partial charge in [0.05, 0.1) is 13.2 Å². The van der Waals surface area contributed by atoms with Gasteiger partial charge in [-0.2, -0.15) is 0 Å². The number of amides is 1. The van der Waals surface area contributed by atoms with Crippen LogP contribution in [0.2, 0.25) is 0 Å². The zero-order valence-electron chi connectivity index (χ0n) is 13.2. The van der Waals surface area contributed by atoms with E-state index in [0.717, 1.165) is 38.4 Å². The normalized spacial score (nSPS) is 14.5. The van der Waals surface area contributed by atoms with Crippen molar-refractivity contribution in [3.63, 3.8) is 0 Å². The van der Waals surface area contributed by atoms with Gasteiger partial charge in [-0.1, -0.05) is 30.3 Å². The largest absolute Gasteiger partial charge is 0.378 e. The highest BCUT2D eigenvalue weighted by Gasteiger charge is 2.12. The van der Waals surface area contributed by atoms with Crippen LogP contribution in [0.15, 0.2) is 54.6 Å². The molecule has 1 heterocycles. The van der Waals surface area contributed by atoms with Gasteiger partial charge >= 0.3 is 0 Å². The summed E-state index contributed by atoms with van der Waals surface area (Å²) in [5.74, 6) is -0.0190. The van der Waals surface area contributed by atoms with Crippen molar-refractivity contribution in [3.8, 4) is 0 Å². The first kappa shape index (κ1) is 15.6. The third kappa shape index (κ3) is 4.33. The molecule has 0 spiro atoms. The van der Waals surface area contributed by atoms with Crippen molar-refractivity contribution in [3.05, 3.63) is 65.7 Å². The number of anilines is 1. The van der Waals surface area contributed by atoms with Gasteiger partial charge in [-0.15, -0.1) is 0 Å². The molecule has 1 aliphatic rings. The molecule has 1 fully saturated rings. The number of nitrogens with one attached hydrogen (secondary N) is 1. The Morgan fingerprint density at radius 3 is 2.39 bits per heavy atom. The zero-order valence-corrected chi connectivity index (χ0v) is 13.2. The van der Waals surface area contributed by atoms with Gasteiger partial charge in [-0.3, -0.25) is 4.79 Å². The second-order valence-electron chi connectivity index (χ2n) is 5.64. The first-order valence-corrected chi connectivity index (χ1v) is 8.08. The number of hydrogen-bond acceptors (Lipinski definition) is 3. The van der Waals surface area contributed by atoms with Crippen LogP contribution in [0.1, 0.15) is 15.9 Å². The number of benzene rings is 2. The Morgan fingerprint density at radius 2 is 1.70 bits per heavy atom. The van der Waals surface area contributed by atoms with Gasteiger partial charge in [-0.25, -0.2) is 0 Å². The second kappa shape index (κ2) is 7.79. The Balaban J connectivity index is 1.51. The van der Waals surface area contributed by atoms with Crippen LogP contribution in [0.3, 0.4) is 0 Å². The van der Waals surface area contributed by atoms with Crippen LogP contribution in [0.4, 0.5) is 5.69 Å². The van der Waals surface area contributed by atoms with E-state index in [1.807, 2.05) is 42.5 Å². The highest BCUT2D eigenvalue weighted by Crippen LogP contribution is 2.16. The molecule has 0 aliphatic carbocycles. The van der Waals surface area contributed by atoms with E-state index >= 15 is 0 Å². The standard InChI is InChI=1S/C19H22N2O2/c22-19(20-11-10-16-4-2-1-3-5-16)17-6-8-18(9-7-17)21-12-14-23-15-13-21/h1-9H,10-15H2,(H,20,22). The van der Waals surface area contributed by atoms with Gasteiger partial charge in [0.2, 0.25) is 0 Å². The van der Waals surface area contributed by atoms with Gasteiger partial charge in [0.1, 0.15) is 0 Å². The average Bonchev–Trinajstić information content (AvgIpc) is 2.63. The van der Waals surface area contributed by atoms with E-state index in [0.29, 0.717) is 12.1 Å². The van der Waals surface area contributed by atoms with Crippen molar-refractivity contribution in [2.24, 2.45) is 0 Å². The molecular weight excluding hydrogens is 288 g/mol. The number of carbonyl (C=O) groups is 1. The van der Waals surface area contributed by atoms with Crippen LogP contribution < -0.4 is 10.2 Å². The quantitative estimate of drug-likeness (QED) is 0.922. The maximum absolute atomic E-state index is 12.2. The van der Waals surface area contributed by atoms with E-state index in [1.54, 1.807) is 0 Å². The fourth-order valence-corrected chi connectivity index (χ4v) is 2.71. The van der Waals surface area contributed by atoms with Gasteiger partial charge in [0.15, 0.2) is 0 Å². The van der Waals surface area contributed by atoms with E-state index in [4.69, 9.17) is 4.74 Å². The fraction of sp³-hybridized carbons (Fsp3) is 0.316. The summed E-state index contributed by atoms with van der Waals surface area (Å²) >= 11 is 0. The molecule has 2 aromatic rings. The molecular formula is C19H22N2O2. The molecule has 0 atom stereocenters. The Morgan fingerprint density at radius 1 is 1.00 bits per heavy atom. The van der Waals surface area contributed by atoms with Crippen LogP contribution in [0.25, 0.3) is 0 Å². The molecule has 1 N–H and O–H groups in total. The van der Waals surface area contributed by atoms with Gasteiger partial charge in [0, 0.05) is 30.9 Å². The summed E-state index contributed by atoms with van der Waals surface area (Å²) in [6.45, 7) is 3.99. The van der Waals surface area contributed by atoms with Crippen molar-refractivity contribution in [1.82, 2.24) is 5.32 Å². The van der Waals surface area contributed by atoms with Crippen LogP contribution in [0, 0.1) is 0 Å². The molecule has 3 rings (SSSR count). The molecule has 23 heavy (non-hydrogen) atoms. The molecule has 120 valence electrons. The maximum Gasteiger partial charge on any atom is 0.251 e. The van der Waals surface area contributed by atoms with E-state index in [-0.39, 0.29) is 5.91 Å². The van der Waals surface area contributed by atoms with Crippen molar-refractivity contribution in [2.75, 3.05) is 37.7 Å². The van der Waals surface area contributed by atoms with E-state index in [9.17, 15) is 4.79 Å². The summed E-state index contributed by atoms with van der Waals surface area (Å²) in [4.78, 5) is 14.5. The highest BCUT2D eigenvalue weighted by atomic mass is 16.5.